The number of halogens is 2. The summed E-state index contributed by atoms with van der Waals surface area (Å²) in [6.45, 7) is 0. The first-order valence-corrected chi connectivity index (χ1v) is 6.26. The van der Waals surface area contributed by atoms with Gasteiger partial charge in [-0.2, -0.15) is 0 Å². The summed E-state index contributed by atoms with van der Waals surface area (Å²) in [5.41, 5.74) is 6.66. The largest absolute Gasteiger partial charge is 0.398 e. The lowest BCUT2D eigenvalue weighted by Crippen LogP contribution is -2.14. The average Bonchev–Trinajstić information content (AvgIpc) is 2.35. The number of amides is 1. The molecule has 2 aromatic carbocycles. The molecular formula is C13H10FIN2O. The van der Waals surface area contributed by atoms with E-state index in [0.717, 1.165) is 9.64 Å². The van der Waals surface area contributed by atoms with Gasteiger partial charge in [0, 0.05) is 14.9 Å². The summed E-state index contributed by atoms with van der Waals surface area (Å²) < 4.78 is 14.1. The third-order valence-electron chi connectivity index (χ3n) is 2.36. The zero-order chi connectivity index (χ0) is 13.1. The summed E-state index contributed by atoms with van der Waals surface area (Å²) in [4.78, 5) is 11.9. The van der Waals surface area contributed by atoms with Crippen molar-refractivity contribution >= 4 is 39.9 Å². The minimum Gasteiger partial charge on any atom is -0.398 e. The Bertz CT molecular complexity index is 584. The van der Waals surface area contributed by atoms with Crippen molar-refractivity contribution in [2.45, 2.75) is 0 Å². The highest BCUT2D eigenvalue weighted by atomic mass is 127. The van der Waals surface area contributed by atoms with Gasteiger partial charge >= 0.3 is 0 Å². The Morgan fingerprint density at radius 2 is 1.83 bits per heavy atom. The third-order valence-corrected chi connectivity index (χ3v) is 3.08. The molecule has 0 heterocycles. The van der Waals surface area contributed by atoms with Crippen molar-refractivity contribution in [2.75, 3.05) is 11.1 Å². The zero-order valence-electron chi connectivity index (χ0n) is 9.28. The molecule has 92 valence electrons. The van der Waals surface area contributed by atoms with Crippen molar-refractivity contribution in [3.63, 3.8) is 0 Å². The van der Waals surface area contributed by atoms with E-state index in [4.69, 9.17) is 5.73 Å². The number of anilines is 2. The van der Waals surface area contributed by atoms with E-state index in [1.807, 2.05) is 12.1 Å². The van der Waals surface area contributed by atoms with Gasteiger partial charge in [0.15, 0.2) is 0 Å². The average molecular weight is 356 g/mol. The zero-order valence-corrected chi connectivity index (χ0v) is 11.4. The van der Waals surface area contributed by atoms with E-state index in [0.29, 0.717) is 5.69 Å². The van der Waals surface area contributed by atoms with Gasteiger partial charge in [-0.15, -0.1) is 0 Å². The van der Waals surface area contributed by atoms with Gasteiger partial charge in [0.1, 0.15) is 5.82 Å². The Morgan fingerprint density at radius 1 is 1.17 bits per heavy atom. The maximum atomic E-state index is 13.1. The summed E-state index contributed by atoms with van der Waals surface area (Å²) in [5, 5.41) is 2.66. The van der Waals surface area contributed by atoms with Crippen LogP contribution in [0.3, 0.4) is 0 Å². The number of benzene rings is 2. The molecule has 0 radical (unpaired) electrons. The molecule has 2 rings (SSSR count). The molecule has 5 heteroatoms. The fourth-order valence-corrected chi connectivity index (χ4v) is 1.82. The Hall–Kier alpha value is -1.63. The number of hydrogen-bond acceptors (Lipinski definition) is 2. The fourth-order valence-electron chi connectivity index (χ4n) is 1.46. The number of carbonyl (C=O) groups excluding carboxylic acids is 1. The predicted molar refractivity (Wildman–Crippen MR) is 77.9 cm³/mol. The highest BCUT2D eigenvalue weighted by Gasteiger charge is 2.10. The van der Waals surface area contributed by atoms with Gasteiger partial charge in [0.2, 0.25) is 0 Å². The first-order chi connectivity index (χ1) is 8.56. The molecule has 2 aromatic rings. The van der Waals surface area contributed by atoms with Gasteiger partial charge in [0.05, 0.1) is 5.56 Å². The van der Waals surface area contributed by atoms with Crippen LogP contribution in [0.25, 0.3) is 0 Å². The monoisotopic (exact) mass is 356 g/mol. The molecule has 0 saturated heterocycles. The van der Waals surface area contributed by atoms with Crippen LogP contribution in [0.4, 0.5) is 15.8 Å². The quantitative estimate of drug-likeness (QED) is 0.641. The lowest BCUT2D eigenvalue weighted by Gasteiger charge is -2.07. The topological polar surface area (TPSA) is 55.1 Å². The van der Waals surface area contributed by atoms with Crippen molar-refractivity contribution in [3.8, 4) is 0 Å². The second-order valence-corrected chi connectivity index (χ2v) is 4.94. The molecule has 0 aromatic heterocycles. The standard InChI is InChI=1S/C13H10FIN2O/c14-8-1-6-12(16)11(7-8)13(18)17-10-4-2-9(15)3-5-10/h1-7H,16H2,(H,17,18). The third kappa shape index (κ3) is 2.98. The Balaban J connectivity index is 2.21. The van der Waals surface area contributed by atoms with Crippen LogP contribution in [-0.2, 0) is 0 Å². The molecule has 0 aliphatic rings. The van der Waals surface area contributed by atoms with E-state index in [1.165, 1.54) is 12.1 Å². The molecule has 0 fully saturated rings. The summed E-state index contributed by atoms with van der Waals surface area (Å²) >= 11 is 2.17. The van der Waals surface area contributed by atoms with Crippen LogP contribution < -0.4 is 11.1 Å². The van der Waals surface area contributed by atoms with Crippen molar-refractivity contribution in [3.05, 3.63) is 57.4 Å². The Kier molecular flexibility index (Phi) is 3.81. The van der Waals surface area contributed by atoms with Crippen molar-refractivity contribution < 1.29 is 9.18 Å². The Labute approximate surface area is 117 Å². The second-order valence-electron chi connectivity index (χ2n) is 3.69. The first kappa shape index (κ1) is 12.8. The smallest absolute Gasteiger partial charge is 0.257 e. The van der Waals surface area contributed by atoms with Gasteiger partial charge in [-0.25, -0.2) is 4.39 Å². The van der Waals surface area contributed by atoms with E-state index in [2.05, 4.69) is 27.9 Å². The van der Waals surface area contributed by atoms with Gasteiger partial charge < -0.3 is 11.1 Å². The SMILES string of the molecule is Nc1ccc(F)cc1C(=O)Nc1ccc(I)cc1. The number of carbonyl (C=O) groups is 1. The number of nitrogen functional groups attached to an aromatic ring is 1. The minimum absolute atomic E-state index is 0.133. The maximum Gasteiger partial charge on any atom is 0.257 e. The molecule has 0 aliphatic heterocycles. The summed E-state index contributed by atoms with van der Waals surface area (Å²) in [6, 6.07) is 11.0. The van der Waals surface area contributed by atoms with E-state index in [9.17, 15) is 9.18 Å². The predicted octanol–water partition coefficient (Wildman–Crippen LogP) is 3.26. The van der Waals surface area contributed by atoms with Gasteiger partial charge in [-0.1, -0.05) is 0 Å². The van der Waals surface area contributed by atoms with Crippen molar-refractivity contribution in [1.29, 1.82) is 0 Å². The van der Waals surface area contributed by atoms with Crippen LogP contribution in [0.15, 0.2) is 42.5 Å². The molecule has 0 saturated carbocycles. The summed E-state index contributed by atoms with van der Waals surface area (Å²) in [5.74, 6) is -0.912. The minimum atomic E-state index is -0.489. The number of nitrogens with two attached hydrogens (primary N) is 1. The molecule has 0 bridgehead atoms. The molecule has 0 atom stereocenters. The lowest BCUT2D eigenvalue weighted by atomic mass is 10.1. The molecule has 0 spiro atoms. The van der Waals surface area contributed by atoms with Gasteiger partial charge in [0.25, 0.3) is 5.91 Å². The summed E-state index contributed by atoms with van der Waals surface area (Å²) in [6.07, 6.45) is 0. The maximum absolute atomic E-state index is 13.1. The van der Waals surface area contributed by atoms with Gasteiger partial charge in [-0.3, -0.25) is 4.79 Å². The second kappa shape index (κ2) is 5.34. The van der Waals surface area contributed by atoms with E-state index in [1.54, 1.807) is 12.1 Å². The summed E-state index contributed by atoms with van der Waals surface area (Å²) in [7, 11) is 0. The van der Waals surface area contributed by atoms with Crippen molar-refractivity contribution in [1.82, 2.24) is 0 Å². The molecular weight excluding hydrogens is 346 g/mol. The van der Waals surface area contributed by atoms with Crippen LogP contribution in [-0.4, -0.2) is 5.91 Å². The number of rotatable bonds is 2. The van der Waals surface area contributed by atoms with E-state index < -0.39 is 11.7 Å². The van der Waals surface area contributed by atoms with Crippen LogP contribution in [0, 0.1) is 9.39 Å². The van der Waals surface area contributed by atoms with Crippen LogP contribution in [0.5, 0.6) is 0 Å². The van der Waals surface area contributed by atoms with Crippen LogP contribution in [0.1, 0.15) is 10.4 Å². The van der Waals surface area contributed by atoms with Crippen molar-refractivity contribution in [2.24, 2.45) is 0 Å². The Morgan fingerprint density at radius 3 is 2.50 bits per heavy atom. The van der Waals surface area contributed by atoms with Crippen LogP contribution in [0.2, 0.25) is 0 Å². The first-order valence-electron chi connectivity index (χ1n) is 5.18. The fraction of sp³-hybridized carbons (Fsp3) is 0. The molecule has 1 amide bonds. The molecule has 0 unspecified atom stereocenters. The molecule has 3 nitrogen and oxygen atoms in total. The highest BCUT2D eigenvalue weighted by molar-refractivity contribution is 14.1. The van der Waals surface area contributed by atoms with Crippen LogP contribution >= 0.6 is 22.6 Å². The van der Waals surface area contributed by atoms with E-state index in [-0.39, 0.29) is 11.3 Å². The van der Waals surface area contributed by atoms with Gasteiger partial charge in [-0.05, 0) is 65.1 Å². The lowest BCUT2D eigenvalue weighted by molar-refractivity contribution is 0.102. The number of hydrogen-bond donors (Lipinski definition) is 2. The molecule has 18 heavy (non-hydrogen) atoms. The number of nitrogens with one attached hydrogen (secondary N) is 1. The highest BCUT2D eigenvalue weighted by Crippen LogP contribution is 2.17. The molecule has 3 N–H and O–H groups in total. The van der Waals surface area contributed by atoms with E-state index >= 15 is 0 Å². The molecule has 0 aliphatic carbocycles. The normalized spacial score (nSPS) is 10.1.